The number of anilines is 1. The lowest BCUT2D eigenvalue weighted by Crippen LogP contribution is -2.24. The van der Waals surface area contributed by atoms with Crippen LogP contribution in [0.3, 0.4) is 0 Å². The van der Waals surface area contributed by atoms with Crippen LogP contribution in [0.5, 0.6) is 5.75 Å². The summed E-state index contributed by atoms with van der Waals surface area (Å²) in [6.07, 6.45) is -1.09. The second kappa shape index (κ2) is 4.61. The number of halogens is 1. The summed E-state index contributed by atoms with van der Waals surface area (Å²) in [5.74, 6) is -0.549. The highest BCUT2D eigenvalue weighted by Crippen LogP contribution is 2.24. The fraction of sp³-hybridized carbons (Fsp3) is 0.222. The molecule has 0 aliphatic heterocycles. The zero-order valence-corrected chi connectivity index (χ0v) is 9.65. The van der Waals surface area contributed by atoms with Gasteiger partial charge in [-0.1, -0.05) is 0 Å². The summed E-state index contributed by atoms with van der Waals surface area (Å²) in [7, 11) is 0. The first-order chi connectivity index (χ1) is 6.50. The molecule has 0 radical (unpaired) electrons. The van der Waals surface area contributed by atoms with Crippen molar-refractivity contribution in [3.63, 3.8) is 0 Å². The third kappa shape index (κ3) is 2.85. The zero-order valence-electron chi connectivity index (χ0n) is 7.49. The van der Waals surface area contributed by atoms with Crippen LogP contribution in [0.1, 0.15) is 6.92 Å². The maximum Gasteiger partial charge on any atom is 0.253 e. The number of carbonyl (C=O) groups excluding carboxylic acids is 1. The molecule has 0 fully saturated rings. The van der Waals surface area contributed by atoms with Crippen molar-refractivity contribution in [1.29, 1.82) is 0 Å². The maximum absolute atomic E-state index is 11.1. The van der Waals surface area contributed by atoms with Crippen LogP contribution in [0.25, 0.3) is 0 Å². The van der Waals surface area contributed by atoms with Crippen molar-refractivity contribution >= 4 is 34.2 Å². The standard InChI is InChI=1S/C9H10INO3/c1-5(12)9(14)11-7-3-2-6(10)4-8(7)13/h2-5,12-13H,1H3,(H,11,14). The van der Waals surface area contributed by atoms with Crippen molar-refractivity contribution in [3.8, 4) is 5.75 Å². The van der Waals surface area contributed by atoms with Gasteiger partial charge in [0.05, 0.1) is 5.69 Å². The minimum atomic E-state index is -1.09. The van der Waals surface area contributed by atoms with Gasteiger partial charge < -0.3 is 15.5 Å². The van der Waals surface area contributed by atoms with E-state index in [1.807, 2.05) is 22.6 Å². The fourth-order valence-electron chi connectivity index (χ4n) is 0.848. The number of aliphatic hydroxyl groups is 1. The van der Waals surface area contributed by atoms with Crippen molar-refractivity contribution in [2.45, 2.75) is 13.0 Å². The van der Waals surface area contributed by atoms with Gasteiger partial charge >= 0.3 is 0 Å². The lowest BCUT2D eigenvalue weighted by atomic mass is 10.3. The molecule has 0 aromatic heterocycles. The second-order valence-corrected chi connectivity index (χ2v) is 4.07. The van der Waals surface area contributed by atoms with E-state index in [9.17, 15) is 9.90 Å². The van der Waals surface area contributed by atoms with Gasteiger partial charge in [-0.25, -0.2) is 0 Å². The van der Waals surface area contributed by atoms with Crippen LogP contribution in [-0.4, -0.2) is 22.2 Å². The highest BCUT2D eigenvalue weighted by molar-refractivity contribution is 14.1. The molecule has 0 saturated heterocycles. The average molecular weight is 307 g/mol. The Morgan fingerprint density at radius 1 is 1.57 bits per heavy atom. The summed E-state index contributed by atoms with van der Waals surface area (Å²) in [5.41, 5.74) is 0.302. The normalized spacial score (nSPS) is 12.2. The predicted octanol–water partition coefficient (Wildman–Crippen LogP) is 1.32. The van der Waals surface area contributed by atoms with Gasteiger partial charge in [0.2, 0.25) is 0 Å². The Bertz CT molecular complexity index is 352. The van der Waals surface area contributed by atoms with Crippen LogP contribution in [-0.2, 0) is 4.79 Å². The van der Waals surface area contributed by atoms with Crippen molar-refractivity contribution in [2.75, 3.05) is 5.32 Å². The smallest absolute Gasteiger partial charge is 0.253 e. The number of benzene rings is 1. The molecule has 1 rings (SSSR count). The largest absolute Gasteiger partial charge is 0.506 e. The van der Waals surface area contributed by atoms with E-state index < -0.39 is 12.0 Å². The quantitative estimate of drug-likeness (QED) is 0.570. The molecule has 0 aliphatic carbocycles. The summed E-state index contributed by atoms with van der Waals surface area (Å²) < 4.78 is 0.871. The zero-order chi connectivity index (χ0) is 10.7. The number of nitrogens with one attached hydrogen (secondary N) is 1. The number of aromatic hydroxyl groups is 1. The molecule has 1 aromatic rings. The molecule has 76 valence electrons. The minimum Gasteiger partial charge on any atom is -0.506 e. The number of phenols is 1. The number of hydrogen-bond acceptors (Lipinski definition) is 3. The fourth-order valence-corrected chi connectivity index (χ4v) is 1.32. The molecule has 0 aliphatic rings. The number of rotatable bonds is 2. The van der Waals surface area contributed by atoms with Crippen LogP contribution in [0.15, 0.2) is 18.2 Å². The van der Waals surface area contributed by atoms with Crippen LogP contribution in [0.4, 0.5) is 5.69 Å². The van der Waals surface area contributed by atoms with E-state index in [-0.39, 0.29) is 5.75 Å². The summed E-state index contributed by atoms with van der Waals surface area (Å²) in [4.78, 5) is 11.1. The molecule has 14 heavy (non-hydrogen) atoms. The average Bonchev–Trinajstić information content (AvgIpc) is 2.09. The Kier molecular flexibility index (Phi) is 3.70. The molecule has 0 heterocycles. The molecule has 0 bridgehead atoms. The monoisotopic (exact) mass is 307 g/mol. The number of aliphatic hydroxyl groups excluding tert-OH is 1. The Labute approximate surface area is 95.1 Å². The molecule has 1 amide bonds. The molecule has 3 N–H and O–H groups in total. The predicted molar refractivity (Wildman–Crippen MR) is 61.1 cm³/mol. The molecule has 1 aromatic carbocycles. The van der Waals surface area contributed by atoms with Gasteiger partial charge in [0.15, 0.2) is 0 Å². The van der Waals surface area contributed by atoms with Crippen LogP contribution < -0.4 is 5.32 Å². The van der Waals surface area contributed by atoms with Crippen LogP contribution >= 0.6 is 22.6 Å². The molecule has 5 heteroatoms. The number of phenolic OH excluding ortho intramolecular Hbond substituents is 1. The van der Waals surface area contributed by atoms with Crippen molar-refractivity contribution in [2.24, 2.45) is 0 Å². The van der Waals surface area contributed by atoms with E-state index in [4.69, 9.17) is 5.11 Å². The summed E-state index contributed by atoms with van der Waals surface area (Å²) in [5, 5.41) is 20.7. The third-order valence-electron chi connectivity index (χ3n) is 1.60. The first-order valence-corrected chi connectivity index (χ1v) is 5.06. The molecular formula is C9H10INO3. The van der Waals surface area contributed by atoms with Gasteiger partial charge in [-0.3, -0.25) is 4.79 Å². The molecular weight excluding hydrogens is 297 g/mol. The van der Waals surface area contributed by atoms with E-state index in [2.05, 4.69) is 5.32 Å². The topological polar surface area (TPSA) is 69.6 Å². The summed E-state index contributed by atoms with van der Waals surface area (Å²) in [6, 6.07) is 4.85. The van der Waals surface area contributed by atoms with Crippen LogP contribution in [0, 0.1) is 3.57 Å². The Morgan fingerprint density at radius 2 is 2.21 bits per heavy atom. The van der Waals surface area contributed by atoms with E-state index in [0.29, 0.717) is 5.69 Å². The van der Waals surface area contributed by atoms with Crippen molar-refractivity contribution in [3.05, 3.63) is 21.8 Å². The van der Waals surface area contributed by atoms with E-state index in [1.165, 1.54) is 13.0 Å². The van der Waals surface area contributed by atoms with Gasteiger partial charge in [-0.2, -0.15) is 0 Å². The van der Waals surface area contributed by atoms with Gasteiger partial charge in [0.25, 0.3) is 5.91 Å². The summed E-state index contributed by atoms with van der Waals surface area (Å²) in [6.45, 7) is 1.36. The molecule has 1 atom stereocenters. The molecule has 1 unspecified atom stereocenters. The first kappa shape index (κ1) is 11.3. The Balaban J connectivity index is 2.82. The van der Waals surface area contributed by atoms with Crippen LogP contribution in [0.2, 0.25) is 0 Å². The third-order valence-corrected chi connectivity index (χ3v) is 2.27. The van der Waals surface area contributed by atoms with Gasteiger partial charge in [-0.15, -0.1) is 0 Å². The maximum atomic E-state index is 11.1. The molecule has 0 saturated carbocycles. The molecule has 0 spiro atoms. The second-order valence-electron chi connectivity index (χ2n) is 2.83. The van der Waals surface area contributed by atoms with E-state index in [0.717, 1.165) is 3.57 Å². The van der Waals surface area contributed by atoms with Gasteiger partial charge in [-0.05, 0) is 47.7 Å². The van der Waals surface area contributed by atoms with E-state index >= 15 is 0 Å². The lowest BCUT2D eigenvalue weighted by molar-refractivity contribution is -0.123. The Morgan fingerprint density at radius 3 is 2.71 bits per heavy atom. The van der Waals surface area contributed by atoms with Gasteiger partial charge in [0, 0.05) is 3.57 Å². The number of amides is 1. The number of hydrogen-bond donors (Lipinski definition) is 3. The highest BCUT2D eigenvalue weighted by Gasteiger charge is 2.10. The Hall–Kier alpha value is -0.820. The highest BCUT2D eigenvalue weighted by atomic mass is 127. The van der Waals surface area contributed by atoms with Crippen molar-refractivity contribution in [1.82, 2.24) is 0 Å². The lowest BCUT2D eigenvalue weighted by Gasteiger charge is -2.08. The van der Waals surface area contributed by atoms with Gasteiger partial charge in [0.1, 0.15) is 11.9 Å². The SMILES string of the molecule is CC(O)C(=O)Nc1ccc(I)cc1O. The summed E-state index contributed by atoms with van der Waals surface area (Å²) >= 11 is 2.05. The van der Waals surface area contributed by atoms with E-state index in [1.54, 1.807) is 12.1 Å². The number of carbonyl (C=O) groups is 1. The van der Waals surface area contributed by atoms with Crippen molar-refractivity contribution < 1.29 is 15.0 Å². The molecule has 4 nitrogen and oxygen atoms in total. The first-order valence-electron chi connectivity index (χ1n) is 3.98. The minimum absolute atomic E-state index is 0.00843.